The van der Waals surface area contributed by atoms with E-state index in [1.165, 1.54) is 4.90 Å². The summed E-state index contributed by atoms with van der Waals surface area (Å²) in [5, 5.41) is 8.19. The summed E-state index contributed by atoms with van der Waals surface area (Å²) in [6, 6.07) is 10.6. The van der Waals surface area contributed by atoms with Crippen molar-refractivity contribution in [2.75, 3.05) is 18.0 Å². The number of imide groups is 1. The van der Waals surface area contributed by atoms with Gasteiger partial charge in [-0.3, -0.25) is 19.3 Å². The maximum absolute atomic E-state index is 12.9. The van der Waals surface area contributed by atoms with E-state index in [0.717, 1.165) is 4.90 Å². The highest BCUT2D eigenvalue weighted by atomic mass is 35.5. The van der Waals surface area contributed by atoms with Crippen molar-refractivity contribution in [3.63, 3.8) is 0 Å². The third-order valence-electron chi connectivity index (χ3n) is 4.29. The quantitative estimate of drug-likeness (QED) is 0.355. The van der Waals surface area contributed by atoms with Gasteiger partial charge in [0.2, 0.25) is 5.91 Å². The zero-order valence-electron chi connectivity index (χ0n) is 14.6. The Morgan fingerprint density at radius 2 is 1.45 bits per heavy atom. The fourth-order valence-electron chi connectivity index (χ4n) is 2.93. The monoisotopic (exact) mass is 469 g/mol. The van der Waals surface area contributed by atoms with E-state index in [1.54, 1.807) is 30.3 Å². The molecule has 6 nitrogen and oxygen atoms in total. The predicted molar refractivity (Wildman–Crippen MR) is 111 cm³/mol. The zero-order valence-corrected chi connectivity index (χ0v) is 17.6. The topological polar surface area (TPSA) is 81.5 Å². The lowest BCUT2D eigenvalue weighted by atomic mass is 10.1. The largest absolute Gasteiger partial charge is 0.310 e. The molecular weight excluding hydrogens is 460 g/mol. The minimum Gasteiger partial charge on any atom is -0.310 e. The van der Waals surface area contributed by atoms with Crippen LogP contribution in [0.2, 0.25) is 20.1 Å². The van der Waals surface area contributed by atoms with Gasteiger partial charge in [-0.25, -0.2) is 0 Å². The fourth-order valence-corrected chi connectivity index (χ4v) is 3.94. The SMILES string of the molecule is N#CCCN(C(=O)CN1C(=O)c2c(Cl)c(Cl)c(Cl)c(Cl)c2C1=O)c1ccccc1. The Kier molecular flexibility index (Phi) is 6.35. The molecule has 2 aromatic rings. The molecule has 0 radical (unpaired) electrons. The molecule has 1 aliphatic heterocycles. The van der Waals surface area contributed by atoms with Crippen molar-refractivity contribution < 1.29 is 14.4 Å². The van der Waals surface area contributed by atoms with Crippen LogP contribution in [0.4, 0.5) is 5.69 Å². The Morgan fingerprint density at radius 1 is 0.931 bits per heavy atom. The van der Waals surface area contributed by atoms with E-state index >= 15 is 0 Å². The van der Waals surface area contributed by atoms with Crippen molar-refractivity contribution in [1.82, 2.24) is 4.90 Å². The number of benzene rings is 2. The molecule has 0 bridgehead atoms. The molecule has 0 aliphatic carbocycles. The van der Waals surface area contributed by atoms with Crippen LogP contribution >= 0.6 is 46.4 Å². The number of carbonyl (C=O) groups is 3. The molecule has 0 aromatic heterocycles. The van der Waals surface area contributed by atoms with Crippen molar-refractivity contribution in [2.45, 2.75) is 6.42 Å². The third kappa shape index (κ3) is 3.79. The van der Waals surface area contributed by atoms with Gasteiger partial charge in [0.15, 0.2) is 0 Å². The number of carbonyl (C=O) groups excluding carboxylic acids is 3. The van der Waals surface area contributed by atoms with E-state index in [-0.39, 0.29) is 44.2 Å². The van der Waals surface area contributed by atoms with Crippen molar-refractivity contribution in [3.05, 3.63) is 61.5 Å². The molecule has 3 amide bonds. The van der Waals surface area contributed by atoms with E-state index in [9.17, 15) is 14.4 Å². The van der Waals surface area contributed by atoms with Crippen LogP contribution < -0.4 is 4.90 Å². The number of hydrogen-bond donors (Lipinski definition) is 0. The summed E-state index contributed by atoms with van der Waals surface area (Å²) in [4.78, 5) is 40.5. The first-order chi connectivity index (χ1) is 13.8. The van der Waals surface area contributed by atoms with Gasteiger partial charge in [0, 0.05) is 12.2 Å². The molecule has 148 valence electrons. The van der Waals surface area contributed by atoms with Crippen molar-refractivity contribution in [3.8, 4) is 6.07 Å². The van der Waals surface area contributed by atoms with Gasteiger partial charge in [-0.2, -0.15) is 5.26 Å². The summed E-state index contributed by atoms with van der Waals surface area (Å²) < 4.78 is 0. The number of hydrogen-bond acceptors (Lipinski definition) is 4. The maximum Gasteiger partial charge on any atom is 0.263 e. The molecule has 10 heteroatoms. The number of anilines is 1. The lowest BCUT2D eigenvalue weighted by molar-refractivity contribution is -0.118. The first-order valence-corrected chi connectivity index (χ1v) is 9.75. The number of amides is 3. The first kappa shape index (κ1) is 21.4. The number of fused-ring (bicyclic) bond motifs is 1. The summed E-state index contributed by atoms with van der Waals surface area (Å²) in [5.41, 5.74) is 0.158. The van der Waals surface area contributed by atoms with E-state index in [1.807, 2.05) is 6.07 Å². The molecule has 0 saturated carbocycles. The molecule has 0 atom stereocenters. The van der Waals surface area contributed by atoms with Crippen LogP contribution in [-0.4, -0.2) is 35.7 Å². The van der Waals surface area contributed by atoms with Gasteiger partial charge in [0.1, 0.15) is 6.54 Å². The molecule has 0 saturated heterocycles. The van der Waals surface area contributed by atoms with Crippen molar-refractivity contribution in [1.29, 1.82) is 5.26 Å². The second-order valence-electron chi connectivity index (χ2n) is 5.99. The van der Waals surface area contributed by atoms with Crippen LogP contribution in [0.25, 0.3) is 0 Å². The van der Waals surface area contributed by atoms with Crippen LogP contribution in [0.15, 0.2) is 30.3 Å². The zero-order chi connectivity index (χ0) is 21.3. The molecule has 1 aliphatic rings. The number of para-hydroxylation sites is 1. The second-order valence-corrected chi connectivity index (χ2v) is 7.50. The third-order valence-corrected chi connectivity index (χ3v) is 6.10. The molecular formula is C19H11Cl4N3O3. The van der Waals surface area contributed by atoms with E-state index in [0.29, 0.717) is 5.69 Å². The summed E-state index contributed by atoms with van der Waals surface area (Å²) >= 11 is 24.2. The number of nitriles is 1. The average Bonchev–Trinajstić information content (AvgIpc) is 2.96. The number of halogens is 4. The highest BCUT2D eigenvalue weighted by Crippen LogP contribution is 2.44. The fraction of sp³-hybridized carbons (Fsp3) is 0.158. The van der Waals surface area contributed by atoms with Crippen molar-refractivity contribution in [2.24, 2.45) is 0 Å². The highest BCUT2D eigenvalue weighted by molar-refractivity contribution is 6.55. The number of nitrogens with zero attached hydrogens (tertiary/aromatic N) is 3. The summed E-state index contributed by atoms with van der Waals surface area (Å²) in [6.07, 6.45) is 0.0750. The minimum atomic E-state index is -0.794. The molecule has 2 aromatic carbocycles. The standard InChI is InChI=1S/C19H11Cl4N3O3/c20-14-12-13(15(21)17(23)16(14)22)19(29)26(18(12)28)9-11(27)25(8-4-7-24)10-5-2-1-3-6-10/h1-3,5-6H,4,8-9H2. The molecule has 3 rings (SSSR count). The first-order valence-electron chi connectivity index (χ1n) is 8.24. The number of rotatable bonds is 5. The van der Waals surface area contributed by atoms with Gasteiger partial charge >= 0.3 is 0 Å². The Morgan fingerprint density at radius 3 is 1.93 bits per heavy atom. The molecule has 0 N–H and O–H groups in total. The van der Waals surface area contributed by atoms with E-state index in [2.05, 4.69) is 0 Å². The van der Waals surface area contributed by atoms with Gasteiger partial charge in [-0.15, -0.1) is 0 Å². The normalized spacial score (nSPS) is 12.7. The summed E-state index contributed by atoms with van der Waals surface area (Å²) in [6.45, 7) is -0.462. The van der Waals surface area contributed by atoms with Gasteiger partial charge in [0.25, 0.3) is 11.8 Å². The molecule has 0 spiro atoms. The molecule has 1 heterocycles. The minimum absolute atomic E-state index is 0.0750. The van der Waals surface area contributed by atoms with E-state index < -0.39 is 24.3 Å². The Labute approximate surface area is 186 Å². The smallest absolute Gasteiger partial charge is 0.263 e. The van der Waals surface area contributed by atoms with Crippen LogP contribution in [0.1, 0.15) is 27.1 Å². The van der Waals surface area contributed by atoms with Crippen molar-refractivity contribution >= 4 is 69.8 Å². The van der Waals surface area contributed by atoms with Crippen LogP contribution in [0.3, 0.4) is 0 Å². The summed E-state index contributed by atoms with van der Waals surface area (Å²) in [7, 11) is 0. The highest BCUT2D eigenvalue weighted by Gasteiger charge is 2.42. The maximum atomic E-state index is 12.9. The molecule has 0 unspecified atom stereocenters. The second kappa shape index (κ2) is 8.60. The van der Waals surface area contributed by atoms with Crippen LogP contribution in [-0.2, 0) is 4.79 Å². The van der Waals surface area contributed by atoms with Gasteiger partial charge in [-0.05, 0) is 12.1 Å². The van der Waals surface area contributed by atoms with Crippen LogP contribution in [0.5, 0.6) is 0 Å². The average molecular weight is 471 g/mol. The van der Waals surface area contributed by atoms with Gasteiger partial charge < -0.3 is 4.90 Å². The summed E-state index contributed by atoms with van der Waals surface area (Å²) in [5.74, 6) is -2.14. The Balaban J connectivity index is 1.94. The molecule has 29 heavy (non-hydrogen) atoms. The van der Waals surface area contributed by atoms with Gasteiger partial charge in [-0.1, -0.05) is 64.6 Å². The Bertz CT molecular complexity index is 1020. The lowest BCUT2D eigenvalue weighted by Crippen LogP contribution is -2.43. The van der Waals surface area contributed by atoms with Crippen LogP contribution in [0, 0.1) is 11.3 Å². The van der Waals surface area contributed by atoms with E-state index in [4.69, 9.17) is 51.7 Å². The van der Waals surface area contributed by atoms with Gasteiger partial charge in [0.05, 0.1) is 43.7 Å². The Hall–Kier alpha value is -2.30. The lowest BCUT2D eigenvalue weighted by Gasteiger charge is -2.24. The molecule has 0 fully saturated rings. The predicted octanol–water partition coefficient (Wildman–Crippen LogP) is 4.84.